The summed E-state index contributed by atoms with van der Waals surface area (Å²) in [6.45, 7) is 4.19. The largest absolute Gasteiger partial charge is 0.451 e. The summed E-state index contributed by atoms with van der Waals surface area (Å²) in [5.41, 5.74) is 2.25. The quantitative estimate of drug-likeness (QED) is 0.468. The summed E-state index contributed by atoms with van der Waals surface area (Å²) in [5, 5.41) is 0.490. The molecule has 31 heavy (non-hydrogen) atoms. The first-order chi connectivity index (χ1) is 14.9. The van der Waals surface area contributed by atoms with Crippen molar-refractivity contribution in [1.29, 1.82) is 0 Å². The average Bonchev–Trinajstić information content (AvgIpc) is 2.74. The van der Waals surface area contributed by atoms with Gasteiger partial charge in [-0.25, -0.2) is 9.78 Å². The van der Waals surface area contributed by atoms with Gasteiger partial charge in [-0.3, -0.25) is 14.2 Å². The van der Waals surface area contributed by atoms with E-state index < -0.39 is 12.1 Å². The number of ether oxygens (including phenoxy) is 1. The van der Waals surface area contributed by atoms with Crippen molar-refractivity contribution in [3.63, 3.8) is 0 Å². The van der Waals surface area contributed by atoms with Crippen molar-refractivity contribution < 1.29 is 14.3 Å². The molecule has 3 aromatic rings. The van der Waals surface area contributed by atoms with Crippen molar-refractivity contribution in [2.24, 2.45) is 0 Å². The molecule has 2 aromatic carbocycles. The van der Waals surface area contributed by atoms with Gasteiger partial charge in [-0.15, -0.1) is 0 Å². The number of carbonyl (C=O) groups is 2. The summed E-state index contributed by atoms with van der Waals surface area (Å²) in [6, 6.07) is 11.9. The fourth-order valence-electron chi connectivity index (χ4n) is 3.96. The summed E-state index contributed by atoms with van der Waals surface area (Å²) in [4.78, 5) is 42.9. The molecule has 0 aliphatic carbocycles. The van der Waals surface area contributed by atoms with Gasteiger partial charge < -0.3 is 4.74 Å². The van der Waals surface area contributed by atoms with Crippen molar-refractivity contribution >= 4 is 22.7 Å². The molecule has 1 atom stereocenters. The maximum absolute atomic E-state index is 12.9. The van der Waals surface area contributed by atoms with E-state index in [0.717, 1.165) is 43.5 Å². The Morgan fingerprint density at radius 2 is 1.71 bits per heavy atom. The molecule has 1 aliphatic heterocycles. The van der Waals surface area contributed by atoms with Crippen LogP contribution in [0.1, 0.15) is 64.7 Å². The Morgan fingerprint density at radius 1 is 1.00 bits per heavy atom. The van der Waals surface area contributed by atoms with Crippen molar-refractivity contribution in [3.05, 3.63) is 75.3 Å². The molecule has 0 saturated heterocycles. The summed E-state index contributed by atoms with van der Waals surface area (Å²) in [7, 11) is 0. The SMILES string of the molecule is Cc1ccc(C(=O)[C@@H](C)OC(=O)c2ccc3c(=O)n4c(nc3c2)CCCCCC4)cc1. The second-order valence-electron chi connectivity index (χ2n) is 8.16. The molecule has 4 rings (SSSR count). The highest BCUT2D eigenvalue weighted by Crippen LogP contribution is 2.18. The second kappa shape index (κ2) is 8.84. The van der Waals surface area contributed by atoms with Crippen LogP contribution in [-0.2, 0) is 17.7 Å². The van der Waals surface area contributed by atoms with Crippen LogP contribution in [0.15, 0.2) is 47.3 Å². The Bertz CT molecular complexity index is 1190. The molecule has 0 fully saturated rings. The van der Waals surface area contributed by atoms with Gasteiger partial charge in [0.25, 0.3) is 5.56 Å². The van der Waals surface area contributed by atoms with E-state index in [1.54, 1.807) is 41.8 Å². The Kier molecular flexibility index (Phi) is 5.98. The predicted molar refractivity (Wildman–Crippen MR) is 119 cm³/mol. The molecular formula is C25H26N2O4. The third kappa shape index (κ3) is 4.43. The molecule has 2 heterocycles. The van der Waals surface area contributed by atoms with E-state index in [1.807, 2.05) is 19.1 Å². The Hall–Kier alpha value is -3.28. The van der Waals surface area contributed by atoms with Gasteiger partial charge in [-0.1, -0.05) is 42.7 Å². The van der Waals surface area contributed by atoms with Gasteiger partial charge in [0.2, 0.25) is 5.78 Å². The molecule has 6 nitrogen and oxygen atoms in total. The van der Waals surface area contributed by atoms with E-state index in [2.05, 4.69) is 4.98 Å². The Labute approximate surface area is 180 Å². The molecule has 0 N–H and O–H groups in total. The van der Waals surface area contributed by atoms with Gasteiger partial charge in [0.1, 0.15) is 5.82 Å². The van der Waals surface area contributed by atoms with Gasteiger partial charge in [0.15, 0.2) is 6.10 Å². The van der Waals surface area contributed by atoms with Gasteiger partial charge in [0, 0.05) is 18.5 Å². The molecule has 0 amide bonds. The molecule has 0 saturated carbocycles. The number of aryl methyl sites for hydroxylation is 2. The molecule has 1 aromatic heterocycles. The third-order valence-electron chi connectivity index (χ3n) is 5.79. The van der Waals surface area contributed by atoms with Gasteiger partial charge in [-0.2, -0.15) is 0 Å². The Balaban J connectivity index is 1.58. The van der Waals surface area contributed by atoms with E-state index in [9.17, 15) is 14.4 Å². The minimum absolute atomic E-state index is 0.0651. The monoisotopic (exact) mass is 418 g/mol. The standard InChI is InChI=1S/C25H26N2O4/c1-16-8-10-18(11-9-16)23(28)17(2)31-25(30)19-12-13-20-21(15-19)26-22-7-5-3-4-6-14-27(22)24(20)29/h8-13,15,17H,3-7,14H2,1-2H3/t17-/m1/s1. The summed E-state index contributed by atoms with van der Waals surface area (Å²) < 4.78 is 7.18. The van der Waals surface area contributed by atoms with Crippen LogP contribution in [0.3, 0.4) is 0 Å². The number of hydrogen-bond donors (Lipinski definition) is 0. The van der Waals surface area contributed by atoms with Crippen LogP contribution in [0, 0.1) is 6.92 Å². The maximum Gasteiger partial charge on any atom is 0.338 e. The summed E-state index contributed by atoms with van der Waals surface area (Å²) in [6.07, 6.45) is 4.05. The van der Waals surface area contributed by atoms with Gasteiger partial charge in [-0.05, 0) is 44.9 Å². The molecule has 0 radical (unpaired) electrons. The molecule has 0 unspecified atom stereocenters. The zero-order valence-electron chi connectivity index (χ0n) is 17.9. The first kappa shape index (κ1) is 21.0. The smallest absolute Gasteiger partial charge is 0.338 e. The van der Waals surface area contributed by atoms with Gasteiger partial charge >= 0.3 is 5.97 Å². The van der Waals surface area contributed by atoms with Crippen LogP contribution in [0.25, 0.3) is 10.9 Å². The number of fused-ring (bicyclic) bond motifs is 2. The molecule has 160 valence electrons. The lowest BCUT2D eigenvalue weighted by molar-refractivity contribution is 0.0319. The fourth-order valence-corrected chi connectivity index (χ4v) is 3.96. The highest BCUT2D eigenvalue weighted by Gasteiger charge is 2.21. The normalized spacial score (nSPS) is 14.9. The van der Waals surface area contributed by atoms with E-state index in [1.165, 1.54) is 0 Å². The van der Waals surface area contributed by atoms with Crippen LogP contribution in [0.5, 0.6) is 0 Å². The molecular weight excluding hydrogens is 392 g/mol. The first-order valence-electron chi connectivity index (χ1n) is 10.8. The van der Waals surface area contributed by atoms with Crippen LogP contribution in [0.4, 0.5) is 0 Å². The average molecular weight is 418 g/mol. The lowest BCUT2D eigenvalue weighted by atomic mass is 10.1. The van der Waals surface area contributed by atoms with E-state index in [4.69, 9.17) is 4.74 Å². The van der Waals surface area contributed by atoms with E-state index in [-0.39, 0.29) is 16.9 Å². The predicted octanol–water partition coefficient (Wildman–Crippen LogP) is 4.25. The van der Waals surface area contributed by atoms with Crippen LogP contribution in [0.2, 0.25) is 0 Å². The Morgan fingerprint density at radius 3 is 2.48 bits per heavy atom. The number of rotatable bonds is 4. The second-order valence-corrected chi connectivity index (χ2v) is 8.16. The fraction of sp³-hybridized carbons (Fsp3) is 0.360. The van der Waals surface area contributed by atoms with Crippen LogP contribution < -0.4 is 5.56 Å². The number of ketones is 1. The van der Waals surface area contributed by atoms with E-state index >= 15 is 0 Å². The van der Waals surface area contributed by atoms with Crippen molar-refractivity contribution in [2.75, 3.05) is 0 Å². The molecule has 1 aliphatic rings. The van der Waals surface area contributed by atoms with Crippen LogP contribution >= 0.6 is 0 Å². The zero-order valence-corrected chi connectivity index (χ0v) is 17.9. The minimum Gasteiger partial charge on any atom is -0.451 e. The number of carbonyl (C=O) groups excluding carboxylic acids is 2. The van der Waals surface area contributed by atoms with Crippen molar-refractivity contribution in [1.82, 2.24) is 9.55 Å². The molecule has 0 spiro atoms. The number of Topliss-reactive ketones (excluding diaryl/α,β-unsaturated/α-hetero) is 1. The van der Waals surface area contributed by atoms with Crippen molar-refractivity contribution in [2.45, 2.75) is 58.6 Å². The van der Waals surface area contributed by atoms with E-state index in [0.29, 0.717) is 23.0 Å². The number of hydrogen-bond acceptors (Lipinski definition) is 5. The third-order valence-corrected chi connectivity index (χ3v) is 5.79. The number of benzene rings is 2. The number of esters is 1. The zero-order chi connectivity index (χ0) is 22.0. The molecule has 6 heteroatoms. The summed E-state index contributed by atoms with van der Waals surface area (Å²) >= 11 is 0. The van der Waals surface area contributed by atoms with Gasteiger partial charge in [0.05, 0.1) is 16.5 Å². The highest BCUT2D eigenvalue weighted by atomic mass is 16.5. The molecule has 0 bridgehead atoms. The minimum atomic E-state index is -0.916. The summed E-state index contributed by atoms with van der Waals surface area (Å²) in [5.74, 6) is -0.0963. The highest BCUT2D eigenvalue weighted by molar-refractivity contribution is 6.02. The lowest BCUT2D eigenvalue weighted by Crippen LogP contribution is -2.27. The first-order valence-corrected chi connectivity index (χ1v) is 10.8. The lowest BCUT2D eigenvalue weighted by Gasteiger charge is -2.16. The number of nitrogens with zero attached hydrogens (tertiary/aromatic N) is 2. The van der Waals surface area contributed by atoms with Crippen LogP contribution in [-0.4, -0.2) is 27.4 Å². The van der Waals surface area contributed by atoms with Crippen molar-refractivity contribution in [3.8, 4) is 0 Å². The number of aromatic nitrogens is 2. The topological polar surface area (TPSA) is 78.3 Å². The maximum atomic E-state index is 12.9.